The molecule has 2 aliphatic rings. The van der Waals surface area contributed by atoms with Crippen LogP contribution in [-0.2, 0) is 9.59 Å². The number of halogens is 1. The van der Waals surface area contributed by atoms with Crippen LogP contribution in [0.2, 0.25) is 0 Å². The second-order valence-corrected chi connectivity index (χ2v) is 9.56. The summed E-state index contributed by atoms with van der Waals surface area (Å²) in [6.45, 7) is 3.72. The summed E-state index contributed by atoms with van der Waals surface area (Å²) in [5.41, 5.74) is 2.88. The Balaban J connectivity index is 1.32. The molecule has 0 unspecified atom stereocenters. The van der Waals surface area contributed by atoms with Crippen LogP contribution < -0.4 is 10.6 Å². The first-order chi connectivity index (χ1) is 16.8. The Bertz CT molecular complexity index is 1060. The minimum atomic E-state index is -0.752. The highest BCUT2D eigenvalue weighted by atomic mass is 19.1. The first kappa shape index (κ1) is 24.9. The van der Waals surface area contributed by atoms with Crippen molar-refractivity contribution < 1.29 is 18.8 Å². The van der Waals surface area contributed by atoms with Gasteiger partial charge in [-0.15, -0.1) is 0 Å². The van der Waals surface area contributed by atoms with Crippen LogP contribution in [0.4, 0.5) is 4.39 Å². The number of amides is 3. The molecular formula is C27H33FN4O3. The van der Waals surface area contributed by atoms with E-state index in [0.29, 0.717) is 37.9 Å². The number of hydrogen-bond donors (Lipinski definition) is 2. The van der Waals surface area contributed by atoms with Gasteiger partial charge in [0.1, 0.15) is 11.9 Å². The molecule has 2 aromatic rings. The third-order valence-electron chi connectivity index (χ3n) is 6.85. The minimum Gasteiger partial charge on any atom is -0.342 e. The molecule has 0 bridgehead atoms. The molecule has 1 aliphatic heterocycles. The van der Waals surface area contributed by atoms with Gasteiger partial charge in [-0.25, -0.2) is 4.39 Å². The van der Waals surface area contributed by atoms with Crippen molar-refractivity contribution in [1.82, 2.24) is 20.4 Å². The largest absolute Gasteiger partial charge is 0.342 e. The Morgan fingerprint density at radius 3 is 2.49 bits per heavy atom. The Labute approximate surface area is 205 Å². The zero-order chi connectivity index (χ0) is 24.9. The van der Waals surface area contributed by atoms with E-state index in [4.69, 9.17) is 0 Å². The van der Waals surface area contributed by atoms with Crippen LogP contribution in [0, 0.1) is 12.7 Å². The number of nitrogens with zero attached hydrogens (tertiary/aromatic N) is 2. The Morgan fingerprint density at radius 1 is 1.09 bits per heavy atom. The van der Waals surface area contributed by atoms with Crippen LogP contribution in [0.5, 0.6) is 0 Å². The predicted octanol–water partition coefficient (Wildman–Crippen LogP) is 2.46. The summed E-state index contributed by atoms with van der Waals surface area (Å²) >= 11 is 0. The van der Waals surface area contributed by atoms with Gasteiger partial charge in [0.05, 0.1) is 6.54 Å². The number of benzene rings is 2. The van der Waals surface area contributed by atoms with E-state index in [2.05, 4.69) is 41.8 Å². The quantitative estimate of drug-likeness (QED) is 0.541. The average molecular weight is 481 g/mol. The lowest BCUT2D eigenvalue weighted by Crippen LogP contribution is -2.56. The fourth-order valence-corrected chi connectivity index (χ4v) is 4.46. The zero-order valence-corrected chi connectivity index (χ0v) is 20.3. The molecule has 0 aromatic heterocycles. The molecule has 2 aromatic carbocycles. The summed E-state index contributed by atoms with van der Waals surface area (Å²) < 4.78 is 13.2. The van der Waals surface area contributed by atoms with Gasteiger partial charge in [-0.1, -0.05) is 29.8 Å². The fourth-order valence-electron chi connectivity index (χ4n) is 4.46. The molecule has 2 N–H and O–H groups in total. The van der Waals surface area contributed by atoms with Crippen LogP contribution in [0.1, 0.15) is 46.7 Å². The predicted molar refractivity (Wildman–Crippen MR) is 131 cm³/mol. The van der Waals surface area contributed by atoms with Gasteiger partial charge in [0.2, 0.25) is 11.8 Å². The van der Waals surface area contributed by atoms with Crippen molar-refractivity contribution in [3.8, 4) is 0 Å². The van der Waals surface area contributed by atoms with E-state index < -0.39 is 17.8 Å². The van der Waals surface area contributed by atoms with E-state index in [9.17, 15) is 18.8 Å². The molecule has 1 saturated heterocycles. The Kier molecular flexibility index (Phi) is 7.80. The Morgan fingerprint density at radius 2 is 1.80 bits per heavy atom. The van der Waals surface area contributed by atoms with Crippen molar-refractivity contribution in [2.45, 2.75) is 44.2 Å². The first-order valence-corrected chi connectivity index (χ1v) is 12.2. The van der Waals surface area contributed by atoms with Crippen molar-refractivity contribution in [3.05, 3.63) is 71.0 Å². The van der Waals surface area contributed by atoms with Crippen LogP contribution in [0.15, 0.2) is 48.5 Å². The molecule has 1 heterocycles. The summed E-state index contributed by atoms with van der Waals surface area (Å²) in [5.74, 6) is -0.724. The molecule has 0 spiro atoms. The van der Waals surface area contributed by atoms with Crippen LogP contribution in [0.3, 0.4) is 0 Å². The molecule has 2 fully saturated rings. The molecule has 1 aliphatic carbocycles. The summed E-state index contributed by atoms with van der Waals surface area (Å²) in [5, 5.41) is 6.37. The van der Waals surface area contributed by atoms with Gasteiger partial charge in [-0.05, 0) is 62.6 Å². The van der Waals surface area contributed by atoms with Gasteiger partial charge >= 0.3 is 0 Å². The van der Waals surface area contributed by atoms with E-state index in [1.165, 1.54) is 40.3 Å². The summed E-state index contributed by atoms with van der Waals surface area (Å²) in [6, 6.07) is 13.5. The van der Waals surface area contributed by atoms with Crippen LogP contribution >= 0.6 is 0 Å². The second kappa shape index (κ2) is 11.0. The van der Waals surface area contributed by atoms with Crippen molar-refractivity contribution in [1.29, 1.82) is 0 Å². The number of piperazine rings is 1. The third kappa shape index (κ3) is 6.45. The molecule has 0 radical (unpaired) electrons. The summed E-state index contributed by atoms with van der Waals surface area (Å²) in [7, 11) is 1.71. The highest BCUT2D eigenvalue weighted by Crippen LogP contribution is 2.40. The SMILES string of the molecule is Cc1ccc([C@@H]2C[C@H]2NCCC[C@H](NC(=O)c2ccc(F)cc2)C(=O)N2CCN(C)C(=O)C2)cc1. The van der Waals surface area contributed by atoms with Gasteiger partial charge in [0.25, 0.3) is 5.91 Å². The van der Waals surface area contributed by atoms with Gasteiger partial charge in [-0.2, -0.15) is 0 Å². The maximum Gasteiger partial charge on any atom is 0.251 e. The number of rotatable bonds is 9. The van der Waals surface area contributed by atoms with Crippen molar-refractivity contribution in [2.75, 3.05) is 33.2 Å². The van der Waals surface area contributed by atoms with E-state index in [1.54, 1.807) is 11.9 Å². The molecule has 8 heteroatoms. The Hall–Kier alpha value is -3.26. The number of nitrogens with one attached hydrogen (secondary N) is 2. The average Bonchev–Trinajstić information content (AvgIpc) is 3.62. The lowest BCUT2D eigenvalue weighted by atomic mass is 10.1. The van der Waals surface area contributed by atoms with Gasteiger partial charge in [0.15, 0.2) is 0 Å². The molecule has 3 amide bonds. The normalized spacial score (nSPS) is 20.5. The summed E-state index contributed by atoms with van der Waals surface area (Å²) in [6.07, 6.45) is 2.23. The van der Waals surface area contributed by atoms with Crippen LogP contribution in [-0.4, -0.2) is 72.8 Å². The molecule has 4 rings (SSSR count). The van der Waals surface area contributed by atoms with Crippen LogP contribution in [0.25, 0.3) is 0 Å². The van der Waals surface area contributed by atoms with E-state index in [1.807, 2.05) is 0 Å². The lowest BCUT2D eigenvalue weighted by molar-refractivity contribution is -0.145. The maximum atomic E-state index is 13.2. The highest BCUT2D eigenvalue weighted by Gasteiger charge is 2.37. The maximum absolute atomic E-state index is 13.2. The molecule has 186 valence electrons. The number of hydrogen-bond acceptors (Lipinski definition) is 4. The molecular weight excluding hydrogens is 447 g/mol. The monoisotopic (exact) mass is 480 g/mol. The molecule has 1 saturated carbocycles. The van der Waals surface area contributed by atoms with Gasteiger partial charge in [-0.3, -0.25) is 14.4 Å². The minimum absolute atomic E-state index is 0.0107. The molecule has 3 atom stereocenters. The number of likely N-dealkylation sites (N-methyl/N-ethyl adjacent to an activating group) is 1. The van der Waals surface area contributed by atoms with E-state index in [-0.39, 0.29) is 23.9 Å². The van der Waals surface area contributed by atoms with Crippen molar-refractivity contribution >= 4 is 17.7 Å². The molecule has 7 nitrogen and oxygen atoms in total. The number of carbonyl (C=O) groups is 3. The fraction of sp³-hybridized carbons (Fsp3) is 0.444. The second-order valence-electron chi connectivity index (χ2n) is 9.56. The first-order valence-electron chi connectivity index (χ1n) is 12.2. The van der Waals surface area contributed by atoms with Crippen molar-refractivity contribution in [3.63, 3.8) is 0 Å². The van der Waals surface area contributed by atoms with E-state index >= 15 is 0 Å². The van der Waals surface area contributed by atoms with Crippen molar-refractivity contribution in [2.24, 2.45) is 0 Å². The topological polar surface area (TPSA) is 81.8 Å². The standard InChI is InChI=1S/C27H33FN4O3/c1-18-5-7-19(8-6-18)22-16-24(22)29-13-3-4-23(27(35)32-15-14-31(2)25(33)17-32)30-26(34)20-9-11-21(28)12-10-20/h5-12,22-24,29H,3-4,13-17H2,1-2H3,(H,30,34)/t22-,23-,24+/m0/s1. The number of carbonyl (C=O) groups excluding carboxylic acids is 3. The van der Waals surface area contributed by atoms with Gasteiger partial charge < -0.3 is 20.4 Å². The third-order valence-corrected chi connectivity index (χ3v) is 6.85. The summed E-state index contributed by atoms with van der Waals surface area (Å²) in [4.78, 5) is 41.2. The van der Waals surface area contributed by atoms with Gasteiger partial charge in [0, 0.05) is 37.7 Å². The smallest absolute Gasteiger partial charge is 0.251 e. The molecule has 35 heavy (non-hydrogen) atoms. The zero-order valence-electron chi connectivity index (χ0n) is 20.3. The number of aryl methyl sites for hydroxylation is 1. The van der Waals surface area contributed by atoms with E-state index in [0.717, 1.165) is 13.0 Å². The lowest BCUT2D eigenvalue weighted by Gasteiger charge is -2.34. The highest BCUT2D eigenvalue weighted by molar-refractivity contribution is 5.98.